The number of ether oxygens (including phenoxy) is 1. The monoisotopic (exact) mass is 320 g/mol. The zero-order chi connectivity index (χ0) is 15.6. The highest BCUT2D eigenvalue weighted by atomic mass is 32.2. The van der Waals surface area contributed by atoms with Crippen LogP contribution in [0.5, 0.6) is 0 Å². The molecule has 0 aromatic heterocycles. The Kier molecular flexibility index (Phi) is 4.48. The first kappa shape index (κ1) is 15.5. The minimum absolute atomic E-state index is 0.112. The maximum absolute atomic E-state index is 12.6. The van der Waals surface area contributed by atoms with Gasteiger partial charge in [-0.05, 0) is 37.3 Å². The molecule has 3 rings (SSSR count). The fourth-order valence-corrected chi connectivity index (χ4v) is 4.95. The molecule has 1 saturated carbocycles. The van der Waals surface area contributed by atoms with Crippen LogP contribution in [0.2, 0.25) is 0 Å². The van der Waals surface area contributed by atoms with Crippen LogP contribution in [0.4, 0.5) is 0 Å². The zero-order valence-electron chi connectivity index (χ0n) is 12.4. The molecule has 1 saturated heterocycles. The second kappa shape index (κ2) is 6.37. The molecule has 1 aliphatic carbocycles. The summed E-state index contributed by atoms with van der Waals surface area (Å²) in [6, 6.07) is 9.67. The van der Waals surface area contributed by atoms with Gasteiger partial charge in [-0.3, -0.25) is 0 Å². The van der Waals surface area contributed by atoms with Crippen LogP contribution in [0.1, 0.15) is 30.4 Å². The van der Waals surface area contributed by atoms with Gasteiger partial charge in [0.1, 0.15) is 0 Å². The van der Waals surface area contributed by atoms with E-state index in [1.807, 2.05) is 18.2 Å². The second-order valence-corrected chi connectivity index (χ2v) is 8.00. The number of nitrogens with zero attached hydrogens (tertiary/aromatic N) is 1. The minimum atomic E-state index is -3.32. The van der Waals surface area contributed by atoms with E-state index in [0.717, 1.165) is 18.4 Å². The zero-order valence-corrected chi connectivity index (χ0v) is 13.2. The summed E-state index contributed by atoms with van der Waals surface area (Å²) < 4.78 is 33.4. The van der Waals surface area contributed by atoms with Gasteiger partial charge in [-0.15, -0.1) is 0 Å². The minimum Gasteiger partial charge on any atom is -0.381 e. The Labute approximate surface area is 131 Å². The Morgan fingerprint density at radius 3 is 2.77 bits per heavy atom. The van der Waals surface area contributed by atoms with Crippen molar-refractivity contribution in [3.63, 3.8) is 0 Å². The maximum Gasteiger partial charge on any atom is 0.215 e. The first-order valence-electron chi connectivity index (χ1n) is 7.67. The third-order valence-electron chi connectivity index (χ3n) is 4.33. The summed E-state index contributed by atoms with van der Waals surface area (Å²) in [6.45, 7) is 0.905. The molecule has 0 bridgehead atoms. The van der Waals surface area contributed by atoms with Crippen molar-refractivity contribution in [2.45, 2.75) is 37.0 Å². The van der Waals surface area contributed by atoms with Crippen molar-refractivity contribution < 1.29 is 13.2 Å². The van der Waals surface area contributed by atoms with Crippen molar-refractivity contribution in [3.05, 3.63) is 35.4 Å². The van der Waals surface area contributed by atoms with E-state index in [4.69, 9.17) is 4.74 Å². The SMILES string of the molecule is N#Cc1ccccc1C[C@H]1COCC[C@H]1S(=O)(=O)NC1CC1. The number of hydrogen-bond donors (Lipinski definition) is 1. The molecule has 1 N–H and O–H groups in total. The van der Waals surface area contributed by atoms with Crippen LogP contribution in [0.3, 0.4) is 0 Å². The van der Waals surface area contributed by atoms with Crippen molar-refractivity contribution in [2.24, 2.45) is 5.92 Å². The van der Waals surface area contributed by atoms with Crippen molar-refractivity contribution in [3.8, 4) is 6.07 Å². The molecule has 0 amide bonds. The topological polar surface area (TPSA) is 79.2 Å². The van der Waals surface area contributed by atoms with Gasteiger partial charge in [0, 0.05) is 18.6 Å². The summed E-state index contributed by atoms with van der Waals surface area (Å²) >= 11 is 0. The van der Waals surface area contributed by atoms with Gasteiger partial charge in [0.05, 0.1) is 23.5 Å². The molecular weight excluding hydrogens is 300 g/mol. The third kappa shape index (κ3) is 3.49. The van der Waals surface area contributed by atoms with E-state index >= 15 is 0 Å². The molecule has 6 heteroatoms. The number of hydrogen-bond acceptors (Lipinski definition) is 4. The highest BCUT2D eigenvalue weighted by Crippen LogP contribution is 2.28. The van der Waals surface area contributed by atoms with Crippen LogP contribution < -0.4 is 4.72 Å². The average molecular weight is 320 g/mol. The first-order valence-corrected chi connectivity index (χ1v) is 9.21. The first-order chi connectivity index (χ1) is 10.6. The van der Waals surface area contributed by atoms with Crippen molar-refractivity contribution in [2.75, 3.05) is 13.2 Å². The molecule has 1 heterocycles. The predicted molar refractivity (Wildman–Crippen MR) is 82.7 cm³/mol. The number of sulfonamides is 1. The molecule has 22 heavy (non-hydrogen) atoms. The lowest BCUT2D eigenvalue weighted by molar-refractivity contribution is 0.0570. The Balaban J connectivity index is 1.79. The van der Waals surface area contributed by atoms with Crippen molar-refractivity contribution in [1.82, 2.24) is 4.72 Å². The summed E-state index contributed by atoms with van der Waals surface area (Å²) in [5.41, 5.74) is 1.51. The number of nitriles is 1. The Morgan fingerprint density at radius 2 is 2.05 bits per heavy atom. The van der Waals surface area contributed by atoms with E-state index < -0.39 is 15.3 Å². The van der Waals surface area contributed by atoms with Crippen molar-refractivity contribution >= 4 is 10.0 Å². The second-order valence-electron chi connectivity index (χ2n) is 6.07. The Hall–Kier alpha value is -1.42. The van der Waals surface area contributed by atoms with E-state index in [1.165, 1.54) is 0 Å². The maximum atomic E-state index is 12.6. The lowest BCUT2D eigenvalue weighted by Crippen LogP contribution is -2.45. The number of nitrogens with one attached hydrogen (secondary N) is 1. The van der Waals surface area contributed by atoms with Gasteiger partial charge >= 0.3 is 0 Å². The van der Waals surface area contributed by atoms with Gasteiger partial charge in [0.2, 0.25) is 10.0 Å². The molecule has 1 aromatic carbocycles. The molecule has 1 aromatic rings. The molecule has 2 atom stereocenters. The summed E-state index contributed by atoms with van der Waals surface area (Å²) in [7, 11) is -3.32. The quantitative estimate of drug-likeness (QED) is 0.893. The van der Waals surface area contributed by atoms with Crippen LogP contribution in [-0.4, -0.2) is 32.9 Å². The molecule has 0 unspecified atom stereocenters. The van der Waals surface area contributed by atoms with Crippen LogP contribution >= 0.6 is 0 Å². The standard InChI is InChI=1S/C16H20N2O3S/c17-10-13-4-2-1-3-12(13)9-14-11-21-8-7-16(14)22(19,20)18-15-5-6-15/h1-4,14-16,18H,5-9,11H2/t14-,16+/m0/s1. The summed E-state index contributed by atoms with van der Waals surface area (Å²) in [5.74, 6) is -0.112. The Bertz CT molecular complexity index is 677. The van der Waals surface area contributed by atoms with E-state index in [9.17, 15) is 13.7 Å². The normalized spacial score (nSPS) is 25.6. The molecular formula is C16H20N2O3S. The molecule has 1 aliphatic heterocycles. The fraction of sp³-hybridized carbons (Fsp3) is 0.562. The molecule has 118 valence electrons. The van der Waals surface area contributed by atoms with Crippen LogP contribution in [-0.2, 0) is 21.2 Å². The Morgan fingerprint density at radius 1 is 1.27 bits per heavy atom. The average Bonchev–Trinajstić information content (AvgIpc) is 3.31. The molecule has 0 spiro atoms. The third-order valence-corrected chi connectivity index (χ3v) is 6.41. The molecule has 0 radical (unpaired) electrons. The van der Waals surface area contributed by atoms with E-state index in [-0.39, 0.29) is 12.0 Å². The van der Waals surface area contributed by atoms with Gasteiger partial charge in [-0.1, -0.05) is 18.2 Å². The van der Waals surface area contributed by atoms with Crippen LogP contribution in [0.15, 0.2) is 24.3 Å². The number of benzene rings is 1. The molecule has 2 fully saturated rings. The summed E-state index contributed by atoms with van der Waals surface area (Å²) in [4.78, 5) is 0. The lowest BCUT2D eigenvalue weighted by atomic mass is 9.91. The summed E-state index contributed by atoms with van der Waals surface area (Å²) in [6.07, 6.45) is 2.94. The van der Waals surface area contributed by atoms with E-state index in [0.29, 0.717) is 31.6 Å². The van der Waals surface area contributed by atoms with Gasteiger partial charge in [-0.2, -0.15) is 5.26 Å². The van der Waals surface area contributed by atoms with Gasteiger partial charge in [0.25, 0.3) is 0 Å². The largest absolute Gasteiger partial charge is 0.381 e. The highest BCUT2D eigenvalue weighted by Gasteiger charge is 2.39. The van der Waals surface area contributed by atoms with Gasteiger partial charge in [0.15, 0.2) is 0 Å². The summed E-state index contributed by atoms with van der Waals surface area (Å²) in [5, 5.41) is 8.75. The fourth-order valence-electron chi connectivity index (χ4n) is 2.99. The molecule has 5 nitrogen and oxygen atoms in total. The van der Waals surface area contributed by atoms with Crippen LogP contribution in [0, 0.1) is 17.2 Å². The van der Waals surface area contributed by atoms with E-state index in [1.54, 1.807) is 6.07 Å². The van der Waals surface area contributed by atoms with Gasteiger partial charge in [-0.25, -0.2) is 13.1 Å². The smallest absolute Gasteiger partial charge is 0.215 e. The van der Waals surface area contributed by atoms with Crippen molar-refractivity contribution in [1.29, 1.82) is 5.26 Å². The predicted octanol–water partition coefficient (Wildman–Crippen LogP) is 1.59. The lowest BCUT2D eigenvalue weighted by Gasteiger charge is -2.31. The van der Waals surface area contributed by atoms with Crippen LogP contribution in [0.25, 0.3) is 0 Å². The van der Waals surface area contributed by atoms with Gasteiger partial charge < -0.3 is 4.74 Å². The highest BCUT2D eigenvalue weighted by molar-refractivity contribution is 7.90. The van der Waals surface area contributed by atoms with E-state index in [2.05, 4.69) is 10.8 Å². The molecule has 2 aliphatic rings. The number of rotatable bonds is 5.